The Kier molecular flexibility index (Phi) is 4.11. The van der Waals surface area contributed by atoms with Gasteiger partial charge < -0.3 is 5.32 Å². The minimum absolute atomic E-state index is 0.200. The fraction of sp³-hybridized carbons (Fsp3) is 0.636. The van der Waals surface area contributed by atoms with Gasteiger partial charge in [-0.3, -0.25) is 0 Å². The van der Waals surface area contributed by atoms with E-state index in [4.69, 9.17) is 0 Å². The average molecular weight is 277 g/mol. The first-order valence-corrected chi connectivity index (χ1v) is 6.92. The molecule has 1 N–H and O–H groups in total. The van der Waals surface area contributed by atoms with Crippen molar-refractivity contribution in [3.8, 4) is 0 Å². The molecule has 0 atom stereocenters. The summed E-state index contributed by atoms with van der Waals surface area (Å²) in [6, 6.07) is 0. The minimum Gasteiger partial charge on any atom is -0.312 e. The van der Waals surface area contributed by atoms with Gasteiger partial charge >= 0.3 is 6.18 Å². The zero-order chi connectivity index (χ0) is 13.2. The lowest BCUT2D eigenvalue weighted by Crippen LogP contribution is -2.29. The molecule has 0 radical (unpaired) electrons. The van der Waals surface area contributed by atoms with Gasteiger partial charge in [-0.1, -0.05) is 6.92 Å². The van der Waals surface area contributed by atoms with Gasteiger partial charge in [0.25, 0.3) is 0 Å². The van der Waals surface area contributed by atoms with Crippen molar-refractivity contribution in [2.45, 2.75) is 31.8 Å². The molecule has 0 unspecified atom stereocenters. The zero-order valence-electron chi connectivity index (χ0n) is 9.97. The number of nitrogens with one attached hydrogen (secondary N) is 1. The summed E-state index contributed by atoms with van der Waals surface area (Å²) in [6.07, 6.45) is -3.87. The van der Waals surface area contributed by atoms with Gasteiger partial charge in [0.1, 0.15) is 5.82 Å². The standard InChI is InChI=1S/C11H14F3N3S/c1-2-18-6-9-16-8-3-4-15-5-7(8)10(17-9)11(12,13)14/h15H,2-6H2,1H3. The normalized spacial score (nSPS) is 15.6. The predicted octanol–water partition coefficient (Wildman–Crippen LogP) is 2.39. The van der Waals surface area contributed by atoms with Crippen LogP contribution >= 0.6 is 11.8 Å². The number of hydrogen-bond acceptors (Lipinski definition) is 4. The smallest absolute Gasteiger partial charge is 0.312 e. The molecule has 3 nitrogen and oxygen atoms in total. The van der Waals surface area contributed by atoms with Crippen LogP contribution in [0.4, 0.5) is 13.2 Å². The van der Waals surface area contributed by atoms with Crippen LogP contribution in [0.5, 0.6) is 0 Å². The van der Waals surface area contributed by atoms with Gasteiger partial charge in [0, 0.05) is 25.1 Å². The first-order chi connectivity index (χ1) is 8.52. The highest BCUT2D eigenvalue weighted by Crippen LogP contribution is 2.32. The Morgan fingerprint density at radius 1 is 1.33 bits per heavy atom. The van der Waals surface area contributed by atoms with Crippen molar-refractivity contribution in [3.63, 3.8) is 0 Å². The second-order valence-corrected chi connectivity index (χ2v) is 5.25. The summed E-state index contributed by atoms with van der Waals surface area (Å²) < 4.78 is 38.9. The molecule has 2 heterocycles. The molecule has 18 heavy (non-hydrogen) atoms. The Balaban J connectivity index is 2.41. The van der Waals surface area contributed by atoms with E-state index in [1.54, 1.807) is 0 Å². The Bertz CT molecular complexity index is 434. The highest BCUT2D eigenvalue weighted by atomic mass is 32.2. The van der Waals surface area contributed by atoms with E-state index >= 15 is 0 Å². The summed E-state index contributed by atoms with van der Waals surface area (Å²) in [7, 11) is 0. The minimum atomic E-state index is -4.41. The lowest BCUT2D eigenvalue weighted by molar-refractivity contribution is -0.142. The highest BCUT2D eigenvalue weighted by Gasteiger charge is 2.37. The van der Waals surface area contributed by atoms with Gasteiger partial charge in [-0.05, 0) is 5.75 Å². The fourth-order valence-electron chi connectivity index (χ4n) is 1.89. The second kappa shape index (κ2) is 5.44. The van der Waals surface area contributed by atoms with Crippen LogP contribution in [0, 0.1) is 0 Å². The van der Waals surface area contributed by atoms with E-state index in [1.807, 2.05) is 6.92 Å². The Labute approximate surface area is 108 Å². The van der Waals surface area contributed by atoms with Gasteiger partial charge in [-0.25, -0.2) is 9.97 Å². The lowest BCUT2D eigenvalue weighted by atomic mass is 10.0. The number of nitrogens with zero attached hydrogens (tertiary/aromatic N) is 2. The van der Waals surface area contributed by atoms with Crippen molar-refractivity contribution in [1.29, 1.82) is 0 Å². The molecule has 0 saturated carbocycles. The maximum atomic E-state index is 13.0. The van der Waals surface area contributed by atoms with E-state index in [0.29, 0.717) is 24.4 Å². The summed E-state index contributed by atoms with van der Waals surface area (Å²) in [5, 5.41) is 2.93. The van der Waals surface area contributed by atoms with Gasteiger partial charge in [-0.2, -0.15) is 24.9 Å². The zero-order valence-corrected chi connectivity index (χ0v) is 10.8. The number of halogens is 3. The van der Waals surface area contributed by atoms with Gasteiger partial charge in [-0.15, -0.1) is 0 Å². The van der Waals surface area contributed by atoms with Crippen molar-refractivity contribution in [2.75, 3.05) is 12.3 Å². The number of rotatable bonds is 3. The van der Waals surface area contributed by atoms with E-state index in [-0.39, 0.29) is 17.9 Å². The van der Waals surface area contributed by atoms with E-state index in [9.17, 15) is 13.2 Å². The van der Waals surface area contributed by atoms with Crippen LogP contribution < -0.4 is 5.32 Å². The number of alkyl halides is 3. The first kappa shape index (κ1) is 13.6. The fourth-order valence-corrected chi connectivity index (χ4v) is 2.40. The molecule has 0 amide bonds. The molecule has 7 heteroatoms. The summed E-state index contributed by atoms with van der Waals surface area (Å²) in [6.45, 7) is 2.82. The van der Waals surface area contributed by atoms with Crippen molar-refractivity contribution in [3.05, 3.63) is 22.8 Å². The SMILES string of the molecule is CCSCc1nc2c(c(C(F)(F)F)n1)CNCC2. The number of thioether (sulfide) groups is 1. The second-order valence-electron chi connectivity index (χ2n) is 3.98. The lowest BCUT2D eigenvalue weighted by Gasteiger charge is -2.21. The number of aromatic nitrogens is 2. The van der Waals surface area contributed by atoms with Crippen molar-refractivity contribution >= 4 is 11.8 Å². The molecule has 0 spiro atoms. The van der Waals surface area contributed by atoms with E-state index in [1.165, 1.54) is 11.8 Å². The molecule has 1 aromatic heterocycles. The summed E-state index contributed by atoms with van der Waals surface area (Å²) >= 11 is 1.52. The molecule has 0 aromatic carbocycles. The first-order valence-electron chi connectivity index (χ1n) is 5.76. The molecular formula is C11H14F3N3S. The van der Waals surface area contributed by atoms with E-state index in [0.717, 1.165) is 5.75 Å². The Morgan fingerprint density at radius 3 is 2.78 bits per heavy atom. The van der Waals surface area contributed by atoms with Crippen LogP contribution in [0.2, 0.25) is 0 Å². The van der Waals surface area contributed by atoms with Crippen LogP contribution in [-0.4, -0.2) is 22.3 Å². The van der Waals surface area contributed by atoms with Crippen molar-refractivity contribution < 1.29 is 13.2 Å². The Morgan fingerprint density at radius 2 is 2.11 bits per heavy atom. The average Bonchev–Trinajstić information content (AvgIpc) is 2.34. The van der Waals surface area contributed by atoms with Crippen LogP contribution in [0.25, 0.3) is 0 Å². The maximum absolute atomic E-state index is 13.0. The van der Waals surface area contributed by atoms with E-state index in [2.05, 4.69) is 15.3 Å². The molecule has 100 valence electrons. The molecule has 1 aliphatic rings. The Hall–Kier alpha value is -0.820. The molecule has 2 rings (SSSR count). The maximum Gasteiger partial charge on any atom is 0.433 e. The van der Waals surface area contributed by atoms with Gasteiger partial charge in [0.05, 0.1) is 11.4 Å². The summed E-state index contributed by atoms with van der Waals surface area (Å²) in [4.78, 5) is 7.95. The van der Waals surface area contributed by atoms with Gasteiger partial charge in [0.2, 0.25) is 0 Å². The van der Waals surface area contributed by atoms with Crippen LogP contribution in [0.15, 0.2) is 0 Å². The van der Waals surface area contributed by atoms with Crippen molar-refractivity contribution in [1.82, 2.24) is 15.3 Å². The van der Waals surface area contributed by atoms with Crippen LogP contribution in [-0.2, 0) is 24.9 Å². The monoisotopic (exact) mass is 277 g/mol. The number of fused-ring (bicyclic) bond motifs is 1. The summed E-state index contributed by atoms with van der Waals surface area (Å²) in [5.74, 6) is 1.55. The molecular weight excluding hydrogens is 263 g/mol. The molecule has 0 saturated heterocycles. The topological polar surface area (TPSA) is 37.8 Å². The van der Waals surface area contributed by atoms with Crippen LogP contribution in [0.1, 0.15) is 29.7 Å². The molecule has 1 aliphatic heterocycles. The molecule has 0 fully saturated rings. The largest absolute Gasteiger partial charge is 0.433 e. The van der Waals surface area contributed by atoms with Crippen LogP contribution in [0.3, 0.4) is 0 Å². The number of hydrogen-bond donors (Lipinski definition) is 1. The molecule has 0 aliphatic carbocycles. The van der Waals surface area contributed by atoms with Crippen molar-refractivity contribution in [2.24, 2.45) is 0 Å². The highest BCUT2D eigenvalue weighted by molar-refractivity contribution is 7.98. The molecule has 0 bridgehead atoms. The third kappa shape index (κ3) is 2.95. The third-order valence-corrected chi connectivity index (χ3v) is 3.55. The van der Waals surface area contributed by atoms with E-state index < -0.39 is 11.9 Å². The molecule has 1 aromatic rings. The third-order valence-electron chi connectivity index (χ3n) is 2.68. The quantitative estimate of drug-likeness (QED) is 0.920. The van der Waals surface area contributed by atoms with Gasteiger partial charge in [0.15, 0.2) is 5.69 Å². The predicted molar refractivity (Wildman–Crippen MR) is 64.3 cm³/mol. The summed E-state index contributed by atoms with van der Waals surface area (Å²) in [5.41, 5.74) is -0.0202.